The lowest BCUT2D eigenvalue weighted by Gasteiger charge is -2.11. The van der Waals surface area contributed by atoms with Gasteiger partial charge in [-0.2, -0.15) is 5.10 Å². The molecule has 0 amide bonds. The molecule has 0 bridgehead atoms. The van der Waals surface area contributed by atoms with Crippen LogP contribution in [0.2, 0.25) is 0 Å². The standard InChI is InChI=1S/C20H14F4N4O2/c21-15-3-1-2-4-16(15)26-17(9-11-25)19-18(29)10-12-28(27-19)13-5-7-14(8-6-13)30-20(22,23)24/h1-8,10-12,25H,9H2. The van der Waals surface area contributed by atoms with Crippen LogP contribution in [-0.4, -0.2) is 28.1 Å². The van der Waals surface area contributed by atoms with Crippen LogP contribution >= 0.6 is 0 Å². The summed E-state index contributed by atoms with van der Waals surface area (Å²) in [6.45, 7) is 0. The first kappa shape index (κ1) is 20.9. The van der Waals surface area contributed by atoms with Crippen molar-refractivity contribution in [2.75, 3.05) is 0 Å². The number of nitrogens with zero attached hydrogens (tertiary/aromatic N) is 3. The average Bonchev–Trinajstić information content (AvgIpc) is 2.69. The number of rotatable bonds is 6. The van der Waals surface area contributed by atoms with Crippen molar-refractivity contribution in [3.8, 4) is 11.4 Å². The molecule has 1 heterocycles. The highest BCUT2D eigenvalue weighted by atomic mass is 19.4. The third kappa shape index (κ3) is 5.16. The van der Waals surface area contributed by atoms with Gasteiger partial charge in [0.25, 0.3) is 0 Å². The zero-order chi connectivity index (χ0) is 21.7. The van der Waals surface area contributed by atoms with Gasteiger partial charge >= 0.3 is 6.36 Å². The molecule has 1 N–H and O–H groups in total. The summed E-state index contributed by atoms with van der Waals surface area (Å²) in [7, 11) is 0. The lowest BCUT2D eigenvalue weighted by molar-refractivity contribution is -0.274. The Balaban J connectivity index is 2.00. The van der Waals surface area contributed by atoms with Crippen molar-refractivity contribution in [3.63, 3.8) is 0 Å². The molecular weight excluding hydrogens is 404 g/mol. The molecule has 0 unspecified atom stereocenters. The van der Waals surface area contributed by atoms with Crippen molar-refractivity contribution in [2.45, 2.75) is 12.8 Å². The SMILES string of the molecule is N=CCC(=Nc1ccccc1F)c1nn(-c2ccc(OC(F)(F)F)cc2)ccc1=O. The van der Waals surface area contributed by atoms with Gasteiger partial charge in [-0.1, -0.05) is 12.1 Å². The Kier molecular flexibility index (Phi) is 6.05. The molecule has 1 aromatic heterocycles. The minimum atomic E-state index is -4.81. The lowest BCUT2D eigenvalue weighted by Crippen LogP contribution is -2.21. The van der Waals surface area contributed by atoms with Crippen LogP contribution in [-0.2, 0) is 0 Å². The van der Waals surface area contributed by atoms with Crippen LogP contribution in [0.5, 0.6) is 5.75 Å². The number of nitrogens with one attached hydrogen (secondary N) is 1. The Morgan fingerprint density at radius 3 is 2.47 bits per heavy atom. The van der Waals surface area contributed by atoms with Gasteiger partial charge in [-0.05, 0) is 36.4 Å². The van der Waals surface area contributed by atoms with Crippen LogP contribution in [0, 0.1) is 11.2 Å². The van der Waals surface area contributed by atoms with Crippen LogP contribution < -0.4 is 10.2 Å². The van der Waals surface area contributed by atoms with Gasteiger partial charge in [0.2, 0.25) is 5.43 Å². The van der Waals surface area contributed by atoms with Crippen LogP contribution in [0.1, 0.15) is 12.1 Å². The third-order valence-corrected chi connectivity index (χ3v) is 3.82. The van der Waals surface area contributed by atoms with E-state index in [4.69, 9.17) is 5.41 Å². The first-order valence-electron chi connectivity index (χ1n) is 8.54. The molecule has 0 fully saturated rings. The molecule has 0 saturated heterocycles. The molecule has 6 nitrogen and oxygen atoms in total. The summed E-state index contributed by atoms with van der Waals surface area (Å²) < 4.78 is 55.9. The maximum atomic E-state index is 13.9. The highest BCUT2D eigenvalue weighted by Gasteiger charge is 2.31. The molecule has 0 spiro atoms. The number of hydrogen-bond donors (Lipinski definition) is 1. The average molecular weight is 418 g/mol. The molecule has 2 aromatic carbocycles. The van der Waals surface area contributed by atoms with Crippen molar-refractivity contribution in [1.29, 1.82) is 5.41 Å². The molecule has 0 atom stereocenters. The monoisotopic (exact) mass is 418 g/mol. The van der Waals surface area contributed by atoms with Gasteiger partial charge in [0.15, 0.2) is 5.69 Å². The van der Waals surface area contributed by atoms with Gasteiger partial charge in [0.05, 0.1) is 17.1 Å². The number of para-hydroxylation sites is 1. The summed E-state index contributed by atoms with van der Waals surface area (Å²) >= 11 is 0. The van der Waals surface area contributed by atoms with Crippen molar-refractivity contribution < 1.29 is 22.3 Å². The highest BCUT2D eigenvalue weighted by molar-refractivity contribution is 6.06. The Morgan fingerprint density at radius 1 is 1.13 bits per heavy atom. The fourth-order valence-electron chi connectivity index (χ4n) is 2.53. The predicted octanol–water partition coefficient (Wildman–Crippen LogP) is 4.43. The largest absolute Gasteiger partial charge is 0.573 e. The van der Waals surface area contributed by atoms with E-state index in [1.165, 1.54) is 47.3 Å². The number of ether oxygens (including phenoxy) is 1. The number of benzene rings is 2. The molecule has 154 valence electrons. The first-order chi connectivity index (χ1) is 14.3. The zero-order valence-corrected chi connectivity index (χ0v) is 15.2. The van der Waals surface area contributed by atoms with E-state index in [0.29, 0.717) is 5.69 Å². The van der Waals surface area contributed by atoms with Crippen molar-refractivity contribution in [1.82, 2.24) is 9.78 Å². The van der Waals surface area contributed by atoms with E-state index in [2.05, 4.69) is 14.8 Å². The predicted molar refractivity (Wildman–Crippen MR) is 103 cm³/mol. The number of aromatic nitrogens is 2. The summed E-state index contributed by atoms with van der Waals surface area (Å²) in [5.74, 6) is -1.00. The second-order valence-corrected chi connectivity index (χ2v) is 5.93. The number of halogens is 4. The molecule has 30 heavy (non-hydrogen) atoms. The second kappa shape index (κ2) is 8.68. The smallest absolute Gasteiger partial charge is 0.406 e. The Labute approximate surface area is 167 Å². The molecule has 0 aliphatic carbocycles. The Morgan fingerprint density at radius 2 is 1.83 bits per heavy atom. The Hall–Kier alpha value is -3.82. The molecule has 0 aliphatic heterocycles. The molecule has 0 radical (unpaired) electrons. The minimum absolute atomic E-state index is 0.0143. The van der Waals surface area contributed by atoms with Gasteiger partial charge in [-0.15, -0.1) is 13.2 Å². The highest BCUT2D eigenvalue weighted by Crippen LogP contribution is 2.23. The number of aliphatic imine (C=N–C) groups is 1. The normalized spacial score (nSPS) is 11.9. The van der Waals surface area contributed by atoms with Crippen LogP contribution in [0.25, 0.3) is 5.69 Å². The van der Waals surface area contributed by atoms with E-state index in [9.17, 15) is 22.4 Å². The molecule has 3 rings (SSSR count). The van der Waals surface area contributed by atoms with Gasteiger partial charge in [0.1, 0.15) is 11.6 Å². The quantitative estimate of drug-likeness (QED) is 0.475. The van der Waals surface area contributed by atoms with Gasteiger partial charge in [-0.3, -0.25) is 4.79 Å². The van der Waals surface area contributed by atoms with E-state index in [0.717, 1.165) is 18.3 Å². The molecule has 3 aromatic rings. The maximum Gasteiger partial charge on any atom is 0.573 e. The van der Waals surface area contributed by atoms with Crippen molar-refractivity contribution in [3.05, 3.63) is 82.5 Å². The molecule has 0 saturated carbocycles. The topological polar surface area (TPSA) is 80.3 Å². The summed E-state index contributed by atoms with van der Waals surface area (Å²) in [5, 5.41) is 11.5. The van der Waals surface area contributed by atoms with E-state index >= 15 is 0 Å². The lowest BCUT2D eigenvalue weighted by atomic mass is 10.2. The zero-order valence-electron chi connectivity index (χ0n) is 15.2. The van der Waals surface area contributed by atoms with E-state index in [1.807, 2.05) is 0 Å². The first-order valence-corrected chi connectivity index (χ1v) is 8.54. The van der Waals surface area contributed by atoms with Gasteiger partial charge < -0.3 is 10.1 Å². The van der Waals surface area contributed by atoms with Crippen molar-refractivity contribution in [2.24, 2.45) is 4.99 Å². The summed E-state index contributed by atoms with van der Waals surface area (Å²) in [4.78, 5) is 16.5. The third-order valence-electron chi connectivity index (χ3n) is 3.82. The van der Waals surface area contributed by atoms with Gasteiger partial charge in [-0.25, -0.2) is 14.1 Å². The Bertz CT molecular complexity index is 1140. The second-order valence-electron chi connectivity index (χ2n) is 5.93. The van der Waals surface area contributed by atoms with Crippen LogP contribution in [0.3, 0.4) is 0 Å². The molecular formula is C20H14F4N4O2. The van der Waals surface area contributed by atoms with E-state index in [-0.39, 0.29) is 23.5 Å². The summed E-state index contributed by atoms with van der Waals surface area (Å²) in [6.07, 6.45) is -2.55. The van der Waals surface area contributed by atoms with E-state index in [1.54, 1.807) is 6.07 Å². The summed E-state index contributed by atoms with van der Waals surface area (Å²) in [5.41, 5.74) is -0.197. The molecule has 0 aliphatic rings. The van der Waals surface area contributed by atoms with Crippen LogP contribution in [0.15, 0.2) is 70.6 Å². The number of alkyl halides is 3. The fourth-order valence-corrected chi connectivity index (χ4v) is 2.53. The van der Waals surface area contributed by atoms with Gasteiger partial charge in [0, 0.05) is 24.9 Å². The summed E-state index contributed by atoms with van der Waals surface area (Å²) in [6, 6.07) is 11.8. The molecule has 10 heteroatoms. The maximum absolute atomic E-state index is 13.9. The van der Waals surface area contributed by atoms with Crippen LogP contribution in [0.4, 0.5) is 23.2 Å². The number of hydrogen-bond acceptors (Lipinski definition) is 5. The van der Waals surface area contributed by atoms with E-state index < -0.39 is 23.4 Å². The van der Waals surface area contributed by atoms with Crippen molar-refractivity contribution >= 4 is 17.6 Å². The minimum Gasteiger partial charge on any atom is -0.406 e. The fraction of sp³-hybridized carbons (Fsp3) is 0.100.